The van der Waals surface area contributed by atoms with Crippen LogP contribution in [0.5, 0.6) is 0 Å². The number of rotatable bonds is 5. The first-order valence-electron chi connectivity index (χ1n) is 3.43. The van der Waals surface area contributed by atoms with E-state index in [0.29, 0.717) is 0 Å². The minimum absolute atomic E-state index is 0. The first-order chi connectivity index (χ1) is 6.29. The summed E-state index contributed by atoms with van der Waals surface area (Å²) in [5, 5.41) is 54.7. The quantitative estimate of drug-likeness (QED) is 0.362. The molecule has 4 atom stereocenters. The second-order valence-corrected chi connectivity index (χ2v) is 2.51. The van der Waals surface area contributed by atoms with Crippen molar-refractivity contribution in [2.24, 2.45) is 0 Å². The fourth-order valence-electron chi connectivity index (χ4n) is 0.652. The Morgan fingerprint density at radius 1 is 0.800 bits per heavy atom. The Hall–Kier alpha value is -0.421. The van der Waals surface area contributed by atoms with Crippen LogP contribution in [0, 0.1) is 0 Å². The number of carboxylic acids is 2. The van der Waals surface area contributed by atoms with Crippen LogP contribution < -0.4 is 10.2 Å². The molecule has 0 aromatic rings. The van der Waals surface area contributed by atoms with Gasteiger partial charge < -0.3 is 40.2 Å². The molecule has 0 aliphatic carbocycles. The molecule has 0 bridgehead atoms. The van der Waals surface area contributed by atoms with E-state index in [9.17, 15) is 19.8 Å². The second-order valence-electron chi connectivity index (χ2n) is 2.51. The van der Waals surface area contributed by atoms with Gasteiger partial charge in [-0.05, 0) is 0 Å². The van der Waals surface area contributed by atoms with Gasteiger partial charge in [0.15, 0.2) is 0 Å². The Bertz CT molecular complexity index is 207. The first-order valence-corrected chi connectivity index (χ1v) is 3.43. The smallest absolute Gasteiger partial charge is 0.547 e. The molecule has 84 valence electrons. The van der Waals surface area contributed by atoms with Crippen molar-refractivity contribution in [3.8, 4) is 0 Å². The van der Waals surface area contributed by atoms with Crippen molar-refractivity contribution in [2.75, 3.05) is 0 Å². The maximum atomic E-state index is 9.96. The molecule has 0 unspecified atom stereocenters. The number of hydrogen-bond acceptors (Lipinski definition) is 8. The van der Waals surface area contributed by atoms with Crippen LogP contribution in [0.3, 0.4) is 0 Å². The Kier molecular flexibility index (Phi) is 7.87. The number of carbonyl (C=O) groups excluding carboxylic acids is 2. The van der Waals surface area contributed by atoms with Crippen molar-refractivity contribution in [3.05, 3.63) is 0 Å². The molecule has 0 saturated heterocycles. The van der Waals surface area contributed by atoms with E-state index in [1.54, 1.807) is 0 Å². The molecule has 0 amide bonds. The van der Waals surface area contributed by atoms with E-state index < -0.39 is 36.4 Å². The maximum absolute atomic E-state index is 9.96. The standard InChI is InChI=1S/C6H10O8.Sn/c7-1(3(9)5(11)12)2(8)4(10)6(13)14;/h1-4,7-10H,(H,11,12)(H,13,14);/q;+2/p-2/t1-,2-,3-,4+;/m0./s1. The van der Waals surface area contributed by atoms with Gasteiger partial charge in [-0.1, -0.05) is 0 Å². The third-order valence-electron chi connectivity index (χ3n) is 1.48. The zero-order chi connectivity index (χ0) is 11.5. The van der Waals surface area contributed by atoms with E-state index in [1.807, 2.05) is 0 Å². The Labute approximate surface area is 101 Å². The molecule has 0 spiro atoms. The fourth-order valence-corrected chi connectivity index (χ4v) is 0.652. The van der Waals surface area contributed by atoms with Gasteiger partial charge in [0.25, 0.3) is 0 Å². The van der Waals surface area contributed by atoms with E-state index in [0.717, 1.165) is 0 Å². The van der Waals surface area contributed by atoms with Gasteiger partial charge in [-0.25, -0.2) is 0 Å². The first kappa shape index (κ1) is 17.0. The van der Waals surface area contributed by atoms with Crippen molar-refractivity contribution in [1.82, 2.24) is 0 Å². The minimum Gasteiger partial charge on any atom is -0.547 e. The van der Waals surface area contributed by atoms with Crippen LogP contribution in [0.25, 0.3) is 0 Å². The van der Waals surface area contributed by atoms with Crippen LogP contribution >= 0.6 is 0 Å². The molecule has 0 aromatic carbocycles. The summed E-state index contributed by atoms with van der Waals surface area (Å²) < 4.78 is 0. The number of aliphatic hydroxyl groups is 4. The summed E-state index contributed by atoms with van der Waals surface area (Å²) in [6, 6.07) is 0. The molecule has 0 aromatic heterocycles. The predicted octanol–water partition coefficient (Wildman–Crippen LogP) is -6.45. The van der Waals surface area contributed by atoms with Crippen LogP contribution in [0.4, 0.5) is 0 Å². The molecule has 15 heavy (non-hydrogen) atoms. The topological polar surface area (TPSA) is 161 Å². The summed E-state index contributed by atoms with van der Waals surface area (Å²) >= 11 is 0. The van der Waals surface area contributed by atoms with E-state index in [4.69, 9.17) is 20.4 Å². The van der Waals surface area contributed by atoms with Gasteiger partial charge in [-0.15, -0.1) is 0 Å². The Balaban J connectivity index is 0. The van der Waals surface area contributed by atoms with Gasteiger partial charge in [0.1, 0.15) is 24.4 Å². The van der Waals surface area contributed by atoms with Gasteiger partial charge >= 0.3 is 23.9 Å². The summed E-state index contributed by atoms with van der Waals surface area (Å²) in [6.45, 7) is 0. The SMILES string of the molecule is O=C([O-])[C@@H](O)[C@@H](O)[C@H](O)[C@@H](O)C(=O)[O-].[Sn+2]. The van der Waals surface area contributed by atoms with Gasteiger partial charge in [-0.3, -0.25) is 0 Å². The van der Waals surface area contributed by atoms with Crippen molar-refractivity contribution >= 4 is 35.8 Å². The molecule has 0 heterocycles. The van der Waals surface area contributed by atoms with Crippen LogP contribution in [-0.2, 0) is 9.59 Å². The summed E-state index contributed by atoms with van der Waals surface area (Å²) in [6.07, 6.45) is -9.76. The summed E-state index contributed by atoms with van der Waals surface area (Å²) in [5.41, 5.74) is 0. The van der Waals surface area contributed by atoms with E-state index >= 15 is 0 Å². The zero-order valence-electron chi connectivity index (χ0n) is 7.23. The molecule has 0 rings (SSSR count). The average molecular weight is 327 g/mol. The van der Waals surface area contributed by atoms with Crippen molar-refractivity contribution in [3.63, 3.8) is 0 Å². The van der Waals surface area contributed by atoms with Crippen LogP contribution in [0.2, 0.25) is 0 Å². The number of aliphatic hydroxyl groups excluding tert-OH is 4. The third kappa shape index (κ3) is 4.75. The van der Waals surface area contributed by atoms with Crippen molar-refractivity contribution in [2.45, 2.75) is 24.4 Å². The fraction of sp³-hybridized carbons (Fsp3) is 0.667. The largest absolute Gasteiger partial charge is 2.00 e. The van der Waals surface area contributed by atoms with E-state index in [1.165, 1.54) is 0 Å². The average Bonchev–Trinajstić information content (AvgIpc) is 2.12. The van der Waals surface area contributed by atoms with Crippen LogP contribution in [0.15, 0.2) is 0 Å². The molecular weight excluding hydrogens is 319 g/mol. The van der Waals surface area contributed by atoms with E-state index in [-0.39, 0.29) is 23.9 Å². The summed E-state index contributed by atoms with van der Waals surface area (Å²) in [7, 11) is 0. The number of carbonyl (C=O) groups is 2. The molecule has 0 saturated carbocycles. The van der Waals surface area contributed by atoms with Crippen molar-refractivity contribution in [1.29, 1.82) is 0 Å². The second kappa shape index (κ2) is 6.95. The third-order valence-corrected chi connectivity index (χ3v) is 1.48. The number of carboxylic acid groups (broad SMARTS) is 2. The molecule has 0 aliphatic heterocycles. The van der Waals surface area contributed by atoms with Crippen molar-refractivity contribution < 1.29 is 40.2 Å². The van der Waals surface area contributed by atoms with Gasteiger partial charge in [0, 0.05) is 0 Å². The molecule has 9 heteroatoms. The molecular formula is C6H8O8Sn. The molecule has 0 aliphatic rings. The van der Waals surface area contributed by atoms with Gasteiger partial charge in [-0.2, -0.15) is 0 Å². The predicted molar refractivity (Wildman–Crippen MR) is 39.8 cm³/mol. The Morgan fingerprint density at radius 2 is 1.00 bits per heavy atom. The molecule has 8 nitrogen and oxygen atoms in total. The Morgan fingerprint density at radius 3 is 1.13 bits per heavy atom. The molecule has 4 N–H and O–H groups in total. The maximum Gasteiger partial charge on any atom is 2.00 e. The van der Waals surface area contributed by atoms with Crippen LogP contribution in [0.1, 0.15) is 0 Å². The zero-order valence-corrected chi connectivity index (χ0v) is 10.1. The minimum atomic E-state index is -2.50. The summed E-state index contributed by atoms with van der Waals surface area (Å²) in [5.74, 6) is -4.22. The normalized spacial score (nSPS) is 18.1. The number of hydrogen-bond donors (Lipinski definition) is 4. The molecule has 2 radical (unpaired) electrons. The monoisotopic (exact) mass is 328 g/mol. The molecule has 0 fully saturated rings. The van der Waals surface area contributed by atoms with Gasteiger partial charge in [0.2, 0.25) is 0 Å². The summed E-state index contributed by atoms with van der Waals surface area (Å²) in [4.78, 5) is 19.9. The van der Waals surface area contributed by atoms with E-state index in [2.05, 4.69) is 0 Å². The van der Waals surface area contributed by atoms with Crippen LogP contribution in [-0.4, -0.2) is 80.7 Å². The van der Waals surface area contributed by atoms with Gasteiger partial charge in [0.05, 0.1) is 11.9 Å². The number of aliphatic carboxylic acids is 2.